The topological polar surface area (TPSA) is 124 Å². The number of nitrogens with zero attached hydrogens (tertiary/aromatic N) is 5. The summed E-state index contributed by atoms with van der Waals surface area (Å²) in [5, 5.41) is 12.5. The molecule has 10 nitrogen and oxygen atoms in total. The van der Waals surface area contributed by atoms with Gasteiger partial charge in [-0.1, -0.05) is 11.0 Å². The molecule has 0 aliphatic rings. The van der Waals surface area contributed by atoms with Gasteiger partial charge < -0.3 is 4.74 Å². The molecule has 0 aromatic carbocycles. The molecule has 0 saturated carbocycles. The van der Waals surface area contributed by atoms with E-state index in [1.165, 1.54) is 17.5 Å². The van der Waals surface area contributed by atoms with E-state index in [1.807, 2.05) is 18.2 Å². The number of rotatable bonds is 5. The van der Waals surface area contributed by atoms with Crippen LogP contribution in [0.3, 0.4) is 0 Å². The number of esters is 1. The van der Waals surface area contributed by atoms with Gasteiger partial charge >= 0.3 is 12.0 Å². The van der Waals surface area contributed by atoms with Crippen LogP contribution in [-0.2, 0) is 4.74 Å². The molecule has 0 saturated heterocycles. The number of hydrogen-bond acceptors (Lipinski definition) is 8. The van der Waals surface area contributed by atoms with Gasteiger partial charge in [-0.15, -0.1) is 21.5 Å². The average Bonchev–Trinajstić information content (AvgIpc) is 3.25. The number of ether oxygens (including phenoxy) is 1. The van der Waals surface area contributed by atoms with Crippen molar-refractivity contribution in [2.75, 3.05) is 17.3 Å². The first-order valence-corrected chi connectivity index (χ1v) is 8.08. The molecule has 0 atom stereocenters. The van der Waals surface area contributed by atoms with Crippen molar-refractivity contribution in [3.8, 4) is 10.7 Å². The largest absolute Gasteiger partial charge is 0.461 e. The number of amides is 2. The number of urea groups is 1. The first kappa shape index (κ1) is 16.5. The van der Waals surface area contributed by atoms with Crippen molar-refractivity contribution >= 4 is 29.2 Å². The van der Waals surface area contributed by atoms with Gasteiger partial charge in [-0.3, -0.25) is 10.3 Å². The molecule has 2 N–H and O–H groups in total. The van der Waals surface area contributed by atoms with Crippen LogP contribution in [0.25, 0.3) is 10.7 Å². The summed E-state index contributed by atoms with van der Waals surface area (Å²) >= 11 is 1.35. The fourth-order valence-corrected chi connectivity index (χ4v) is 2.52. The normalized spacial score (nSPS) is 10.3. The number of hydrogen-bond donors (Lipinski definition) is 2. The predicted molar refractivity (Wildman–Crippen MR) is 89.7 cm³/mol. The van der Waals surface area contributed by atoms with Crippen LogP contribution in [0.1, 0.15) is 17.4 Å². The highest BCUT2D eigenvalue weighted by Gasteiger charge is 2.13. The second kappa shape index (κ2) is 7.49. The van der Waals surface area contributed by atoms with E-state index in [1.54, 1.807) is 18.5 Å². The zero-order chi connectivity index (χ0) is 17.6. The summed E-state index contributed by atoms with van der Waals surface area (Å²) in [6.07, 6.45) is 2.86. The van der Waals surface area contributed by atoms with E-state index in [9.17, 15) is 9.59 Å². The van der Waals surface area contributed by atoms with Gasteiger partial charge in [-0.25, -0.2) is 20.0 Å². The number of carbonyl (C=O) groups excluding carboxylic acids is 2. The fourth-order valence-electron chi connectivity index (χ4n) is 1.79. The second-order valence-electron chi connectivity index (χ2n) is 4.56. The van der Waals surface area contributed by atoms with Crippen molar-refractivity contribution in [2.45, 2.75) is 6.92 Å². The van der Waals surface area contributed by atoms with Crippen molar-refractivity contribution in [2.24, 2.45) is 0 Å². The highest BCUT2D eigenvalue weighted by molar-refractivity contribution is 7.13. The smallest absolute Gasteiger partial charge is 0.360 e. The summed E-state index contributed by atoms with van der Waals surface area (Å²) < 4.78 is 4.79. The summed E-state index contributed by atoms with van der Waals surface area (Å²) in [6.45, 7) is 1.91. The third kappa shape index (κ3) is 4.14. The molecule has 0 bridgehead atoms. The predicted octanol–water partition coefficient (Wildman–Crippen LogP) is 1.75. The molecule has 25 heavy (non-hydrogen) atoms. The van der Waals surface area contributed by atoms with Crippen molar-refractivity contribution in [3.05, 3.63) is 41.7 Å². The Bertz CT molecular complexity index is 877. The minimum atomic E-state index is -0.615. The lowest BCUT2D eigenvalue weighted by Crippen LogP contribution is -2.29. The van der Waals surface area contributed by atoms with Crippen LogP contribution >= 0.6 is 11.3 Å². The van der Waals surface area contributed by atoms with Gasteiger partial charge in [0.1, 0.15) is 10.8 Å². The van der Waals surface area contributed by atoms with Gasteiger partial charge in [0.2, 0.25) is 0 Å². The van der Waals surface area contributed by atoms with E-state index in [2.05, 4.69) is 30.9 Å². The van der Waals surface area contributed by atoms with Crippen LogP contribution in [0, 0.1) is 0 Å². The van der Waals surface area contributed by atoms with Crippen LogP contribution in [0.4, 0.5) is 10.6 Å². The van der Waals surface area contributed by atoms with Crippen LogP contribution in [0.2, 0.25) is 0 Å². The first-order valence-electron chi connectivity index (χ1n) is 7.20. The summed E-state index contributed by atoms with van der Waals surface area (Å²) in [4.78, 5) is 32.8. The molecule has 0 unspecified atom stereocenters. The van der Waals surface area contributed by atoms with Gasteiger partial charge in [0.05, 0.1) is 18.5 Å². The standard InChI is InChI=1S/C14H13N7O3S/c1-2-24-13(22)10-7-16-21(19-10)20-14(23)18-11-8-25-12(17-11)9-5-3-4-6-15-9/h3-8H,2H2,1H3,(H2,18,20,23). The van der Waals surface area contributed by atoms with E-state index in [-0.39, 0.29) is 12.3 Å². The second-order valence-corrected chi connectivity index (χ2v) is 5.42. The number of aromatic nitrogens is 5. The van der Waals surface area contributed by atoms with Crippen molar-refractivity contribution in [1.82, 2.24) is 25.1 Å². The minimum absolute atomic E-state index is 0.00625. The Morgan fingerprint density at radius 2 is 2.24 bits per heavy atom. The summed E-state index contributed by atoms with van der Waals surface area (Å²) in [5.74, 6) is -0.253. The molecule has 3 aromatic rings. The minimum Gasteiger partial charge on any atom is -0.461 e. The van der Waals surface area contributed by atoms with Crippen molar-refractivity contribution in [3.63, 3.8) is 0 Å². The average molecular weight is 359 g/mol. The molecule has 0 fully saturated rings. The molecule has 128 valence electrons. The molecule has 0 aliphatic carbocycles. The van der Waals surface area contributed by atoms with Gasteiger partial charge in [0.15, 0.2) is 5.69 Å². The lowest BCUT2D eigenvalue weighted by Gasteiger charge is -2.03. The number of pyridine rings is 1. The van der Waals surface area contributed by atoms with Crippen molar-refractivity contribution < 1.29 is 14.3 Å². The lowest BCUT2D eigenvalue weighted by molar-refractivity contribution is 0.0518. The molecule has 3 heterocycles. The zero-order valence-electron chi connectivity index (χ0n) is 13.0. The highest BCUT2D eigenvalue weighted by atomic mass is 32.1. The van der Waals surface area contributed by atoms with E-state index in [0.717, 1.165) is 4.91 Å². The molecular formula is C14H13N7O3S. The van der Waals surface area contributed by atoms with Gasteiger partial charge in [-0.2, -0.15) is 0 Å². The molecule has 2 amide bonds. The van der Waals surface area contributed by atoms with E-state index >= 15 is 0 Å². The van der Waals surface area contributed by atoms with E-state index < -0.39 is 12.0 Å². The maximum atomic E-state index is 11.9. The Balaban J connectivity index is 1.60. The lowest BCUT2D eigenvalue weighted by atomic mass is 10.4. The zero-order valence-corrected chi connectivity index (χ0v) is 13.9. The molecule has 0 spiro atoms. The molecule has 11 heteroatoms. The molecule has 0 radical (unpaired) electrons. The monoisotopic (exact) mass is 359 g/mol. The Hall–Kier alpha value is -3.34. The molecule has 0 aliphatic heterocycles. The maximum Gasteiger partial charge on any atom is 0.360 e. The van der Waals surface area contributed by atoms with Crippen LogP contribution < -0.4 is 10.7 Å². The third-order valence-corrected chi connectivity index (χ3v) is 3.67. The summed E-state index contributed by atoms with van der Waals surface area (Å²) in [6, 6.07) is 4.89. The summed E-state index contributed by atoms with van der Waals surface area (Å²) in [5.41, 5.74) is 3.05. The SMILES string of the molecule is CCOC(=O)c1cnn(NC(=O)Nc2csc(-c3ccccn3)n2)n1. The third-order valence-electron chi connectivity index (χ3n) is 2.81. The number of anilines is 1. The number of thiazole rings is 1. The van der Waals surface area contributed by atoms with Crippen LogP contribution in [0.5, 0.6) is 0 Å². The van der Waals surface area contributed by atoms with E-state index in [0.29, 0.717) is 16.5 Å². The first-order chi connectivity index (χ1) is 12.2. The fraction of sp³-hybridized carbons (Fsp3) is 0.143. The molecule has 3 rings (SSSR count). The Kier molecular flexibility index (Phi) is 4.95. The molecule has 3 aromatic heterocycles. The van der Waals surface area contributed by atoms with Gasteiger partial charge in [0.25, 0.3) is 0 Å². The Morgan fingerprint density at radius 3 is 3.00 bits per heavy atom. The van der Waals surface area contributed by atoms with Crippen molar-refractivity contribution in [1.29, 1.82) is 0 Å². The Morgan fingerprint density at radius 1 is 1.36 bits per heavy atom. The van der Waals surface area contributed by atoms with Gasteiger partial charge in [0, 0.05) is 11.6 Å². The van der Waals surface area contributed by atoms with Crippen LogP contribution in [-0.4, -0.2) is 43.7 Å². The maximum absolute atomic E-state index is 11.9. The summed E-state index contributed by atoms with van der Waals surface area (Å²) in [7, 11) is 0. The quantitative estimate of drug-likeness (QED) is 0.665. The van der Waals surface area contributed by atoms with Crippen LogP contribution in [0.15, 0.2) is 36.0 Å². The van der Waals surface area contributed by atoms with E-state index in [4.69, 9.17) is 4.74 Å². The Labute approximate surface area is 145 Å². The number of nitrogens with one attached hydrogen (secondary N) is 2. The molecular weight excluding hydrogens is 346 g/mol. The number of carbonyl (C=O) groups is 2. The highest BCUT2D eigenvalue weighted by Crippen LogP contribution is 2.23. The van der Waals surface area contributed by atoms with Gasteiger partial charge in [-0.05, 0) is 19.1 Å².